The van der Waals surface area contributed by atoms with Crippen molar-refractivity contribution in [2.24, 2.45) is 17.8 Å². The first-order valence-corrected chi connectivity index (χ1v) is 8.03. The lowest BCUT2D eigenvalue weighted by Gasteiger charge is -2.56. The highest BCUT2D eigenvalue weighted by molar-refractivity contribution is 5.34. The van der Waals surface area contributed by atoms with Gasteiger partial charge in [-0.05, 0) is 74.3 Å². The van der Waals surface area contributed by atoms with Crippen LogP contribution >= 0.6 is 0 Å². The van der Waals surface area contributed by atoms with Crippen LogP contribution in [0.3, 0.4) is 0 Å². The zero-order chi connectivity index (χ0) is 12.9. The van der Waals surface area contributed by atoms with E-state index in [4.69, 9.17) is 4.74 Å². The Labute approximate surface area is 116 Å². The summed E-state index contributed by atoms with van der Waals surface area (Å²) in [6.07, 6.45) is 9.47. The van der Waals surface area contributed by atoms with Gasteiger partial charge in [0, 0.05) is 0 Å². The molecule has 102 valence electrons. The minimum Gasteiger partial charge on any atom is -0.487 e. The molecule has 4 saturated carbocycles. The Morgan fingerprint density at radius 2 is 1.58 bits per heavy atom. The molecule has 0 N–H and O–H groups in total. The number of rotatable bonds is 3. The Hall–Kier alpha value is -0.980. The zero-order valence-electron chi connectivity index (χ0n) is 11.9. The van der Waals surface area contributed by atoms with Gasteiger partial charge in [0.05, 0.1) is 0 Å². The van der Waals surface area contributed by atoms with E-state index in [1.54, 1.807) is 0 Å². The summed E-state index contributed by atoms with van der Waals surface area (Å²) in [6, 6.07) is 8.65. The fraction of sp³-hybridized carbons (Fsp3) is 0.667. The minimum atomic E-state index is 0.194. The molecule has 0 atom stereocenters. The molecule has 0 saturated heterocycles. The third kappa shape index (κ3) is 1.98. The van der Waals surface area contributed by atoms with Crippen molar-refractivity contribution < 1.29 is 4.74 Å². The minimum absolute atomic E-state index is 0.194. The van der Waals surface area contributed by atoms with E-state index >= 15 is 0 Å². The first-order valence-electron chi connectivity index (χ1n) is 8.03. The molecule has 1 heteroatoms. The Kier molecular flexibility index (Phi) is 2.65. The number of hydrogen-bond acceptors (Lipinski definition) is 1. The summed E-state index contributed by atoms with van der Waals surface area (Å²) >= 11 is 0. The second-order valence-corrected chi connectivity index (χ2v) is 7.16. The lowest BCUT2D eigenvalue weighted by Crippen LogP contribution is -2.53. The van der Waals surface area contributed by atoms with Gasteiger partial charge in [-0.1, -0.05) is 25.1 Å². The third-order valence-corrected chi connectivity index (χ3v) is 5.66. The quantitative estimate of drug-likeness (QED) is 0.768. The first kappa shape index (κ1) is 11.8. The molecule has 0 amide bonds. The Balaban J connectivity index is 1.62. The molecule has 4 bridgehead atoms. The van der Waals surface area contributed by atoms with E-state index in [-0.39, 0.29) is 5.60 Å². The highest BCUT2D eigenvalue weighted by atomic mass is 16.5. The van der Waals surface area contributed by atoms with Crippen LogP contribution in [0.1, 0.15) is 51.0 Å². The van der Waals surface area contributed by atoms with Gasteiger partial charge in [-0.25, -0.2) is 0 Å². The van der Waals surface area contributed by atoms with E-state index in [0.29, 0.717) is 0 Å². The second kappa shape index (κ2) is 4.26. The average molecular weight is 256 g/mol. The van der Waals surface area contributed by atoms with E-state index in [2.05, 4.69) is 31.2 Å². The summed E-state index contributed by atoms with van der Waals surface area (Å²) in [5.74, 6) is 4.03. The molecule has 4 fully saturated rings. The van der Waals surface area contributed by atoms with Crippen LogP contribution in [0.25, 0.3) is 0 Å². The van der Waals surface area contributed by atoms with Crippen LogP contribution < -0.4 is 4.74 Å². The smallest absolute Gasteiger partial charge is 0.123 e. The van der Waals surface area contributed by atoms with E-state index in [9.17, 15) is 0 Å². The first-order chi connectivity index (χ1) is 9.26. The summed E-state index contributed by atoms with van der Waals surface area (Å²) < 4.78 is 6.64. The summed E-state index contributed by atoms with van der Waals surface area (Å²) in [5.41, 5.74) is 1.57. The maximum absolute atomic E-state index is 6.64. The molecule has 0 spiro atoms. The van der Waals surface area contributed by atoms with Crippen LogP contribution in [0.4, 0.5) is 0 Å². The van der Waals surface area contributed by atoms with E-state index in [1.807, 2.05) is 0 Å². The molecule has 0 unspecified atom stereocenters. The molecule has 0 heterocycles. The highest BCUT2D eigenvalue weighted by Crippen LogP contribution is 2.57. The largest absolute Gasteiger partial charge is 0.487 e. The van der Waals surface area contributed by atoms with Gasteiger partial charge in [0.2, 0.25) is 0 Å². The summed E-state index contributed by atoms with van der Waals surface area (Å²) in [5, 5.41) is 0. The van der Waals surface area contributed by atoms with Crippen LogP contribution in [0.15, 0.2) is 24.3 Å². The third-order valence-electron chi connectivity index (χ3n) is 5.66. The van der Waals surface area contributed by atoms with Crippen molar-refractivity contribution in [1.82, 2.24) is 0 Å². The van der Waals surface area contributed by atoms with Gasteiger partial charge < -0.3 is 4.74 Å². The number of aryl methyl sites for hydroxylation is 1. The van der Waals surface area contributed by atoms with E-state index < -0.39 is 0 Å². The standard InChI is InChI=1S/C18H24O/c1-2-16-5-3-4-6-17(16)19-18-10-13-7-14(11-18)9-15(8-13)12-18/h3-6,13-15H,2,7-12H2,1H3. The zero-order valence-corrected chi connectivity index (χ0v) is 11.9. The SMILES string of the molecule is CCc1ccccc1OC12CC3CC(CC(C3)C1)C2. The van der Waals surface area contributed by atoms with Crippen molar-refractivity contribution in [3.05, 3.63) is 29.8 Å². The number of benzene rings is 1. The van der Waals surface area contributed by atoms with Crippen LogP contribution in [-0.2, 0) is 6.42 Å². The van der Waals surface area contributed by atoms with Gasteiger partial charge >= 0.3 is 0 Å². The molecule has 0 radical (unpaired) electrons. The molecule has 4 aliphatic rings. The Morgan fingerprint density at radius 3 is 2.16 bits per heavy atom. The summed E-state index contributed by atoms with van der Waals surface area (Å²) in [4.78, 5) is 0. The van der Waals surface area contributed by atoms with E-state index in [1.165, 1.54) is 44.1 Å². The topological polar surface area (TPSA) is 9.23 Å². The summed E-state index contributed by atoms with van der Waals surface area (Å²) in [7, 11) is 0. The normalized spacial score (nSPS) is 39.5. The number of para-hydroxylation sites is 1. The predicted octanol–water partition coefficient (Wildman–Crippen LogP) is 4.60. The molecular formula is C18H24O. The molecule has 5 rings (SSSR count). The number of hydrogen-bond donors (Lipinski definition) is 0. The molecule has 0 aromatic heterocycles. The van der Waals surface area contributed by atoms with Gasteiger partial charge in [0.1, 0.15) is 11.4 Å². The van der Waals surface area contributed by atoms with Crippen molar-refractivity contribution in [2.75, 3.05) is 0 Å². The van der Waals surface area contributed by atoms with Crippen LogP contribution in [0.2, 0.25) is 0 Å². The van der Waals surface area contributed by atoms with Crippen LogP contribution in [0, 0.1) is 17.8 Å². The predicted molar refractivity (Wildman–Crippen MR) is 77.4 cm³/mol. The fourth-order valence-electron chi connectivity index (χ4n) is 5.28. The van der Waals surface area contributed by atoms with E-state index in [0.717, 1.165) is 29.9 Å². The molecule has 0 aliphatic heterocycles. The van der Waals surface area contributed by atoms with Gasteiger partial charge in [-0.15, -0.1) is 0 Å². The average Bonchev–Trinajstić information content (AvgIpc) is 2.37. The monoisotopic (exact) mass is 256 g/mol. The van der Waals surface area contributed by atoms with Gasteiger partial charge in [-0.2, -0.15) is 0 Å². The second-order valence-electron chi connectivity index (χ2n) is 7.16. The van der Waals surface area contributed by atoms with Crippen LogP contribution in [0.5, 0.6) is 5.75 Å². The van der Waals surface area contributed by atoms with Crippen molar-refractivity contribution >= 4 is 0 Å². The summed E-state index contributed by atoms with van der Waals surface area (Å²) in [6.45, 7) is 2.22. The maximum Gasteiger partial charge on any atom is 0.123 e. The number of ether oxygens (including phenoxy) is 1. The van der Waals surface area contributed by atoms with Crippen molar-refractivity contribution in [1.29, 1.82) is 0 Å². The molecule has 4 aliphatic carbocycles. The van der Waals surface area contributed by atoms with Gasteiger partial charge in [-0.3, -0.25) is 0 Å². The van der Waals surface area contributed by atoms with Crippen molar-refractivity contribution in [3.8, 4) is 5.75 Å². The molecule has 1 aromatic carbocycles. The maximum atomic E-state index is 6.64. The van der Waals surface area contributed by atoms with Crippen molar-refractivity contribution in [2.45, 2.75) is 57.5 Å². The van der Waals surface area contributed by atoms with Crippen LogP contribution in [-0.4, -0.2) is 5.60 Å². The van der Waals surface area contributed by atoms with Gasteiger partial charge in [0.25, 0.3) is 0 Å². The Morgan fingerprint density at radius 1 is 1.00 bits per heavy atom. The fourth-order valence-corrected chi connectivity index (χ4v) is 5.28. The molecular weight excluding hydrogens is 232 g/mol. The lowest BCUT2D eigenvalue weighted by molar-refractivity contribution is -0.108. The molecule has 19 heavy (non-hydrogen) atoms. The molecule has 1 aromatic rings. The Bertz CT molecular complexity index is 441. The van der Waals surface area contributed by atoms with Crippen molar-refractivity contribution in [3.63, 3.8) is 0 Å². The van der Waals surface area contributed by atoms with Gasteiger partial charge in [0.15, 0.2) is 0 Å². The highest BCUT2D eigenvalue weighted by Gasteiger charge is 2.52. The molecule has 1 nitrogen and oxygen atoms in total. The lowest BCUT2D eigenvalue weighted by atomic mass is 9.54.